The molecule has 1 atom stereocenters. The van der Waals surface area contributed by atoms with E-state index in [0.29, 0.717) is 38.2 Å². The van der Waals surface area contributed by atoms with Crippen molar-refractivity contribution in [3.8, 4) is 22.5 Å². The number of aromatic nitrogens is 4. The quantitative estimate of drug-likeness (QED) is 0.167. The van der Waals surface area contributed by atoms with Gasteiger partial charge < -0.3 is 14.8 Å². The van der Waals surface area contributed by atoms with Gasteiger partial charge in [-0.05, 0) is 54.0 Å². The lowest BCUT2D eigenvalue weighted by Gasteiger charge is -2.28. The van der Waals surface area contributed by atoms with E-state index < -0.39 is 0 Å². The minimum atomic E-state index is -0.313. The van der Waals surface area contributed by atoms with Crippen LogP contribution in [0.1, 0.15) is 72.2 Å². The lowest BCUT2D eigenvalue weighted by atomic mass is 9.89. The fraction of sp³-hybridized carbons (Fsp3) is 0.308. The zero-order valence-corrected chi connectivity index (χ0v) is 28.2. The van der Waals surface area contributed by atoms with Gasteiger partial charge in [0, 0.05) is 68.3 Å². The molecule has 5 heterocycles. The molecule has 5 aromatic rings. The Bertz CT molecular complexity index is 2120. The molecule has 1 fully saturated rings. The first-order chi connectivity index (χ1) is 24.3. The number of amides is 4. The number of benzene rings is 2. The van der Waals surface area contributed by atoms with Gasteiger partial charge in [-0.15, -0.1) is 0 Å². The largest absolute Gasteiger partial charge is 0.351 e. The number of aryl methyl sites for hydroxylation is 2. The van der Waals surface area contributed by atoms with Crippen LogP contribution in [0.5, 0.6) is 0 Å². The van der Waals surface area contributed by atoms with Gasteiger partial charge in [0.25, 0.3) is 5.91 Å². The standard InChI is InChI=1S/C39H39N7O4/c1-3-35-43-37(34-23-45(24(2)47)17-18-46(34)35)30-11-5-10-27-20-33(42-22-31(27)30)28-12-14-32(41-21-28)39(50)40-16-6-8-25-7-4-9-26(19-25)29-13-15-36(48)44-38(29)49/h4-5,7,9-12,14,19-22,29H,3,6,8,13,15-18,23H2,1-2H3,(H,40,50)(H,44,48,49). The van der Waals surface area contributed by atoms with Gasteiger partial charge in [-0.25, -0.2) is 4.98 Å². The molecular formula is C39H39N7O4. The van der Waals surface area contributed by atoms with Crippen LogP contribution in [-0.4, -0.2) is 61.1 Å². The minimum Gasteiger partial charge on any atom is -0.351 e. The number of nitrogens with one attached hydrogen (secondary N) is 2. The second-order valence-electron chi connectivity index (χ2n) is 12.9. The number of nitrogens with zero attached hydrogens (tertiary/aromatic N) is 5. The summed E-state index contributed by atoms with van der Waals surface area (Å²) in [6, 6.07) is 19.6. The van der Waals surface area contributed by atoms with E-state index in [1.54, 1.807) is 19.2 Å². The predicted octanol–water partition coefficient (Wildman–Crippen LogP) is 4.97. The summed E-state index contributed by atoms with van der Waals surface area (Å²) < 4.78 is 2.25. The highest BCUT2D eigenvalue weighted by Crippen LogP contribution is 2.34. The third kappa shape index (κ3) is 6.63. The van der Waals surface area contributed by atoms with Crippen molar-refractivity contribution in [1.29, 1.82) is 0 Å². The highest BCUT2D eigenvalue weighted by molar-refractivity contribution is 6.01. The van der Waals surface area contributed by atoms with Gasteiger partial charge in [0.15, 0.2) is 0 Å². The number of carbonyl (C=O) groups is 4. The minimum absolute atomic E-state index is 0.0642. The van der Waals surface area contributed by atoms with Crippen LogP contribution in [-0.2, 0) is 40.3 Å². The Hall–Kier alpha value is -5.71. The van der Waals surface area contributed by atoms with E-state index in [9.17, 15) is 19.2 Å². The Balaban J connectivity index is 0.996. The van der Waals surface area contributed by atoms with Crippen LogP contribution in [0.2, 0.25) is 0 Å². The lowest BCUT2D eigenvalue weighted by molar-refractivity contribution is -0.134. The number of pyridine rings is 2. The summed E-state index contributed by atoms with van der Waals surface area (Å²) in [4.78, 5) is 64.9. The summed E-state index contributed by atoms with van der Waals surface area (Å²) in [5.74, 6) is 0.0606. The zero-order chi connectivity index (χ0) is 34.8. The molecule has 11 nitrogen and oxygen atoms in total. The molecule has 0 aliphatic carbocycles. The highest BCUT2D eigenvalue weighted by atomic mass is 16.2. The van der Waals surface area contributed by atoms with Crippen LogP contribution in [0.3, 0.4) is 0 Å². The summed E-state index contributed by atoms with van der Waals surface area (Å²) in [7, 11) is 0. The number of fused-ring (bicyclic) bond motifs is 2. The lowest BCUT2D eigenvalue weighted by Crippen LogP contribution is -2.39. The average Bonchev–Trinajstić information content (AvgIpc) is 3.51. The molecule has 0 bridgehead atoms. The molecule has 0 saturated carbocycles. The Morgan fingerprint density at radius 2 is 1.86 bits per heavy atom. The second kappa shape index (κ2) is 14.0. The van der Waals surface area contributed by atoms with E-state index in [0.717, 1.165) is 81.7 Å². The summed E-state index contributed by atoms with van der Waals surface area (Å²) in [6.07, 6.45) is 6.67. The number of imide groups is 1. The average molecular weight is 670 g/mol. The maximum Gasteiger partial charge on any atom is 0.269 e. The molecule has 2 N–H and O–H groups in total. The van der Waals surface area contributed by atoms with Crippen LogP contribution in [0.4, 0.5) is 0 Å². The first kappa shape index (κ1) is 32.8. The highest BCUT2D eigenvalue weighted by Gasteiger charge is 2.28. The fourth-order valence-corrected chi connectivity index (χ4v) is 6.97. The number of rotatable bonds is 9. The molecule has 4 amide bonds. The van der Waals surface area contributed by atoms with Gasteiger partial charge in [-0.1, -0.05) is 49.4 Å². The first-order valence-electron chi connectivity index (χ1n) is 17.2. The van der Waals surface area contributed by atoms with Gasteiger partial charge in [0.2, 0.25) is 17.7 Å². The van der Waals surface area contributed by atoms with E-state index in [1.807, 2.05) is 53.6 Å². The van der Waals surface area contributed by atoms with Gasteiger partial charge in [0.05, 0.1) is 29.5 Å². The number of imidazole rings is 1. The molecule has 50 heavy (non-hydrogen) atoms. The van der Waals surface area contributed by atoms with Crippen molar-refractivity contribution in [3.05, 3.63) is 101 Å². The van der Waals surface area contributed by atoms with E-state index in [-0.39, 0.29) is 29.5 Å². The molecule has 3 aromatic heterocycles. The molecule has 7 rings (SSSR count). The maximum absolute atomic E-state index is 12.9. The van der Waals surface area contributed by atoms with Crippen molar-refractivity contribution in [2.45, 2.75) is 65.0 Å². The summed E-state index contributed by atoms with van der Waals surface area (Å²) in [5, 5.41) is 7.36. The van der Waals surface area contributed by atoms with Gasteiger partial charge in [0.1, 0.15) is 11.5 Å². The smallest absolute Gasteiger partial charge is 0.269 e. The van der Waals surface area contributed by atoms with Crippen molar-refractivity contribution in [2.75, 3.05) is 13.1 Å². The Labute approximate surface area is 290 Å². The maximum atomic E-state index is 12.9. The third-order valence-electron chi connectivity index (χ3n) is 9.68. The monoisotopic (exact) mass is 669 g/mol. The Kier molecular flexibility index (Phi) is 9.21. The molecule has 2 aromatic carbocycles. The van der Waals surface area contributed by atoms with Crippen molar-refractivity contribution in [2.24, 2.45) is 0 Å². The van der Waals surface area contributed by atoms with Crippen molar-refractivity contribution in [1.82, 2.24) is 35.1 Å². The SMILES string of the molecule is CCc1nc(-c2cccc3cc(-c4ccc(C(=O)NCCCc5cccc(C6CCC(=O)NC6=O)c5)nc4)ncc23)c2n1CCN(C(C)=O)C2. The fourth-order valence-electron chi connectivity index (χ4n) is 6.97. The Morgan fingerprint density at radius 3 is 2.64 bits per heavy atom. The zero-order valence-electron chi connectivity index (χ0n) is 28.2. The Morgan fingerprint density at radius 1 is 1.00 bits per heavy atom. The number of carbonyl (C=O) groups excluding carboxylic acids is 4. The van der Waals surface area contributed by atoms with Crippen LogP contribution < -0.4 is 10.6 Å². The van der Waals surface area contributed by atoms with Gasteiger partial charge in [-0.2, -0.15) is 0 Å². The molecule has 2 aliphatic heterocycles. The molecule has 2 aliphatic rings. The molecule has 11 heteroatoms. The molecule has 0 radical (unpaired) electrons. The normalized spacial score (nSPS) is 15.9. The van der Waals surface area contributed by atoms with E-state index in [4.69, 9.17) is 9.97 Å². The first-order valence-corrected chi connectivity index (χ1v) is 17.2. The van der Waals surface area contributed by atoms with Crippen molar-refractivity contribution >= 4 is 34.4 Å². The number of hydrogen-bond acceptors (Lipinski definition) is 7. The molecule has 0 spiro atoms. The van der Waals surface area contributed by atoms with E-state index >= 15 is 0 Å². The van der Waals surface area contributed by atoms with Crippen LogP contribution >= 0.6 is 0 Å². The molecular weight excluding hydrogens is 630 g/mol. The topological polar surface area (TPSA) is 139 Å². The third-order valence-corrected chi connectivity index (χ3v) is 9.68. The van der Waals surface area contributed by atoms with Gasteiger partial charge >= 0.3 is 0 Å². The van der Waals surface area contributed by atoms with E-state index in [2.05, 4.69) is 39.2 Å². The summed E-state index contributed by atoms with van der Waals surface area (Å²) in [5.41, 5.74) is 6.80. The van der Waals surface area contributed by atoms with Crippen LogP contribution in [0.25, 0.3) is 33.3 Å². The van der Waals surface area contributed by atoms with Gasteiger partial charge in [-0.3, -0.25) is 34.5 Å². The number of hydrogen-bond donors (Lipinski definition) is 2. The number of piperidine rings is 1. The van der Waals surface area contributed by atoms with Crippen molar-refractivity contribution in [3.63, 3.8) is 0 Å². The van der Waals surface area contributed by atoms with Crippen LogP contribution in [0, 0.1) is 0 Å². The van der Waals surface area contributed by atoms with E-state index in [1.165, 1.54) is 0 Å². The molecule has 1 unspecified atom stereocenters. The molecule has 1 saturated heterocycles. The summed E-state index contributed by atoms with van der Waals surface area (Å²) >= 11 is 0. The predicted molar refractivity (Wildman–Crippen MR) is 189 cm³/mol. The summed E-state index contributed by atoms with van der Waals surface area (Å²) in [6.45, 7) is 6.15. The van der Waals surface area contributed by atoms with Crippen molar-refractivity contribution < 1.29 is 19.2 Å². The second-order valence-corrected chi connectivity index (χ2v) is 12.9. The molecule has 254 valence electrons. The van der Waals surface area contributed by atoms with Crippen LogP contribution in [0.15, 0.2) is 73.1 Å².